The van der Waals surface area contributed by atoms with Crippen molar-refractivity contribution in [3.05, 3.63) is 30.7 Å². The van der Waals surface area contributed by atoms with Crippen LogP contribution in [0.15, 0.2) is 24.8 Å². The van der Waals surface area contributed by atoms with Crippen LogP contribution in [0, 0.1) is 5.95 Å². The highest BCUT2D eigenvalue weighted by molar-refractivity contribution is 5.17. The lowest BCUT2D eigenvalue weighted by atomic mass is 10.5. The maximum absolute atomic E-state index is 12.4. The molecule has 0 radical (unpaired) electrons. The molecular weight excluding hydrogens is 225 g/mol. The minimum absolute atomic E-state index is 0. The molecule has 0 spiro atoms. The standard InChI is InChI=1S/C7H8FN3.BrH/c1-2-5-11-7(9)4-3-6(8)10-11;/h2-4,9H,1,5H2;1H. The largest absolute Gasteiger partial charge is 1.00 e. The zero-order chi connectivity index (χ0) is 8.27. The van der Waals surface area contributed by atoms with E-state index in [1.54, 1.807) is 6.08 Å². The molecule has 0 atom stereocenters. The molecule has 1 rings (SSSR count). The van der Waals surface area contributed by atoms with Crippen molar-refractivity contribution in [3.8, 4) is 0 Å². The Bertz CT molecular complexity index is 277. The molecule has 0 aliphatic rings. The predicted octanol–water partition coefficient (Wildman–Crippen LogP) is -2.72. The number of allylic oxidation sites excluding steroid dienone is 1. The van der Waals surface area contributed by atoms with E-state index in [2.05, 4.69) is 11.7 Å². The van der Waals surface area contributed by atoms with Gasteiger partial charge in [0.1, 0.15) is 6.54 Å². The van der Waals surface area contributed by atoms with E-state index in [1.165, 1.54) is 16.8 Å². The molecule has 1 heterocycles. The van der Waals surface area contributed by atoms with Crippen molar-refractivity contribution in [3.63, 3.8) is 0 Å². The average Bonchev–Trinajstić information content (AvgIpc) is 1.98. The summed E-state index contributed by atoms with van der Waals surface area (Å²) in [5, 5.41) is 3.52. The quantitative estimate of drug-likeness (QED) is 0.446. The molecule has 66 valence electrons. The lowest BCUT2D eigenvalue weighted by molar-refractivity contribution is -0.733. The zero-order valence-electron chi connectivity index (χ0n) is 6.37. The number of hydrogen-bond donors (Lipinski definition) is 1. The summed E-state index contributed by atoms with van der Waals surface area (Å²) in [5.41, 5.74) is 5.46. The van der Waals surface area contributed by atoms with Gasteiger partial charge in [-0.25, -0.2) is 0 Å². The zero-order valence-corrected chi connectivity index (χ0v) is 7.96. The predicted molar refractivity (Wildman–Crippen MR) is 39.0 cm³/mol. The first-order valence-corrected chi connectivity index (χ1v) is 3.17. The summed E-state index contributed by atoms with van der Waals surface area (Å²) in [7, 11) is 0. The third-order valence-corrected chi connectivity index (χ3v) is 1.21. The lowest BCUT2D eigenvalue weighted by Gasteiger charge is -1.95. The van der Waals surface area contributed by atoms with Crippen LogP contribution in [0.4, 0.5) is 10.2 Å². The first-order chi connectivity index (χ1) is 5.24. The van der Waals surface area contributed by atoms with Crippen molar-refractivity contribution in [2.45, 2.75) is 6.54 Å². The van der Waals surface area contributed by atoms with E-state index in [0.717, 1.165) is 0 Å². The summed E-state index contributed by atoms with van der Waals surface area (Å²) in [6.45, 7) is 3.91. The van der Waals surface area contributed by atoms with Gasteiger partial charge in [0.05, 0.1) is 0 Å². The molecule has 3 nitrogen and oxygen atoms in total. The van der Waals surface area contributed by atoms with Crippen molar-refractivity contribution in [2.75, 3.05) is 5.73 Å². The smallest absolute Gasteiger partial charge is 0.293 e. The molecule has 12 heavy (non-hydrogen) atoms. The molecule has 0 unspecified atom stereocenters. The Morgan fingerprint density at radius 3 is 2.92 bits per heavy atom. The summed E-state index contributed by atoms with van der Waals surface area (Å²) in [4.78, 5) is 0. The van der Waals surface area contributed by atoms with Gasteiger partial charge in [-0.2, -0.15) is 4.39 Å². The number of hydrogen-bond acceptors (Lipinski definition) is 2. The SMILES string of the molecule is C=CC[n+]1nc(F)ccc1N.[Br-]. The maximum atomic E-state index is 12.4. The van der Waals surface area contributed by atoms with E-state index in [1.807, 2.05) is 0 Å². The van der Waals surface area contributed by atoms with Crippen LogP contribution in [-0.2, 0) is 6.54 Å². The fourth-order valence-electron chi connectivity index (χ4n) is 0.715. The van der Waals surface area contributed by atoms with Gasteiger partial charge in [-0.3, -0.25) is 5.73 Å². The number of halogens is 2. The molecule has 0 amide bonds. The number of nitrogen functional groups attached to an aromatic ring is 1. The fourth-order valence-corrected chi connectivity index (χ4v) is 0.715. The molecule has 2 N–H and O–H groups in total. The second-order valence-corrected chi connectivity index (χ2v) is 2.05. The summed E-state index contributed by atoms with van der Waals surface area (Å²) in [5.74, 6) is -0.118. The Morgan fingerprint density at radius 1 is 1.67 bits per heavy atom. The van der Waals surface area contributed by atoms with E-state index in [9.17, 15) is 4.39 Å². The third kappa shape index (κ3) is 2.58. The van der Waals surface area contributed by atoms with Gasteiger partial charge in [0.25, 0.3) is 11.8 Å². The van der Waals surface area contributed by atoms with Gasteiger partial charge in [-0.15, -0.1) is 4.68 Å². The Kier molecular flexibility index (Phi) is 4.43. The Morgan fingerprint density at radius 2 is 2.33 bits per heavy atom. The summed E-state index contributed by atoms with van der Waals surface area (Å²) < 4.78 is 13.8. The Balaban J connectivity index is 0.00000121. The summed E-state index contributed by atoms with van der Waals surface area (Å²) in [6, 6.07) is 2.68. The molecular formula is C7H9BrFN3. The van der Waals surface area contributed by atoms with Crippen LogP contribution in [0.5, 0.6) is 0 Å². The van der Waals surface area contributed by atoms with E-state index in [4.69, 9.17) is 5.73 Å². The maximum Gasteiger partial charge on any atom is 0.293 e. The number of rotatable bonds is 2. The Labute approximate surface area is 80.5 Å². The van der Waals surface area contributed by atoms with Gasteiger partial charge < -0.3 is 17.0 Å². The first kappa shape index (κ1) is 11.0. The van der Waals surface area contributed by atoms with Crippen molar-refractivity contribution in [1.82, 2.24) is 5.10 Å². The van der Waals surface area contributed by atoms with Gasteiger partial charge in [-0.05, 0) is 6.08 Å². The van der Waals surface area contributed by atoms with E-state index >= 15 is 0 Å². The molecule has 0 aromatic carbocycles. The minimum Gasteiger partial charge on any atom is -1.00 e. The first-order valence-electron chi connectivity index (χ1n) is 3.17. The van der Waals surface area contributed by atoms with E-state index in [0.29, 0.717) is 12.4 Å². The molecule has 0 fully saturated rings. The van der Waals surface area contributed by atoms with E-state index in [-0.39, 0.29) is 17.0 Å². The van der Waals surface area contributed by atoms with E-state index < -0.39 is 5.95 Å². The van der Waals surface area contributed by atoms with Crippen LogP contribution >= 0.6 is 0 Å². The molecule has 0 bridgehead atoms. The lowest BCUT2D eigenvalue weighted by Crippen LogP contribution is -3.00. The molecule has 0 aliphatic heterocycles. The number of anilines is 1. The van der Waals surface area contributed by atoms with Crippen LogP contribution in [0.3, 0.4) is 0 Å². The summed E-state index contributed by atoms with van der Waals surface area (Å²) in [6.07, 6.45) is 1.60. The van der Waals surface area contributed by atoms with Gasteiger partial charge in [0.15, 0.2) is 0 Å². The van der Waals surface area contributed by atoms with Crippen molar-refractivity contribution >= 4 is 5.82 Å². The second kappa shape index (κ2) is 4.82. The van der Waals surface area contributed by atoms with Crippen molar-refractivity contribution < 1.29 is 26.1 Å². The van der Waals surface area contributed by atoms with Crippen LogP contribution in [0.2, 0.25) is 0 Å². The highest BCUT2D eigenvalue weighted by atomic mass is 79.9. The topological polar surface area (TPSA) is 42.8 Å². The molecule has 0 saturated carbocycles. The number of nitrogens with zero attached hydrogens (tertiary/aromatic N) is 2. The van der Waals surface area contributed by atoms with Crippen LogP contribution in [0.1, 0.15) is 0 Å². The molecule has 1 aromatic rings. The van der Waals surface area contributed by atoms with Crippen molar-refractivity contribution in [1.29, 1.82) is 0 Å². The van der Waals surface area contributed by atoms with Crippen LogP contribution in [-0.4, -0.2) is 5.10 Å². The fraction of sp³-hybridized carbons (Fsp3) is 0.143. The van der Waals surface area contributed by atoms with Gasteiger partial charge >= 0.3 is 0 Å². The highest BCUT2D eigenvalue weighted by Crippen LogP contribution is 1.92. The minimum atomic E-state index is -0.541. The molecule has 0 saturated heterocycles. The van der Waals surface area contributed by atoms with Gasteiger partial charge in [-0.1, -0.05) is 11.7 Å². The highest BCUT2D eigenvalue weighted by Gasteiger charge is 2.04. The number of aromatic nitrogens is 2. The van der Waals surface area contributed by atoms with Gasteiger partial charge in [0.2, 0.25) is 0 Å². The molecule has 1 aromatic heterocycles. The Hall–Kier alpha value is -0.970. The second-order valence-electron chi connectivity index (χ2n) is 2.05. The van der Waals surface area contributed by atoms with Crippen LogP contribution in [0.25, 0.3) is 0 Å². The average molecular weight is 234 g/mol. The van der Waals surface area contributed by atoms with Crippen LogP contribution < -0.4 is 27.4 Å². The van der Waals surface area contributed by atoms with Gasteiger partial charge in [0, 0.05) is 12.1 Å². The summed E-state index contributed by atoms with van der Waals surface area (Å²) >= 11 is 0. The normalized spacial score (nSPS) is 8.75. The molecule has 5 heteroatoms. The number of nitrogens with two attached hydrogens (primary N) is 1. The van der Waals surface area contributed by atoms with Crippen molar-refractivity contribution in [2.24, 2.45) is 0 Å². The molecule has 0 aliphatic carbocycles. The third-order valence-electron chi connectivity index (χ3n) is 1.21. The monoisotopic (exact) mass is 233 g/mol.